The van der Waals surface area contributed by atoms with Crippen LogP contribution in [0.25, 0.3) is 49.1 Å². The van der Waals surface area contributed by atoms with Crippen LogP contribution in [0.2, 0.25) is 0 Å². The van der Waals surface area contributed by atoms with Crippen molar-refractivity contribution in [3.63, 3.8) is 0 Å². The minimum Gasteiger partial charge on any atom is -0.290 e. The van der Waals surface area contributed by atoms with Gasteiger partial charge in [-0.1, -0.05) is 48.5 Å². The number of benzene rings is 4. The molecule has 33 heavy (non-hydrogen) atoms. The molecule has 0 fully saturated rings. The number of para-hydroxylation sites is 2. The van der Waals surface area contributed by atoms with Gasteiger partial charge in [0.15, 0.2) is 0 Å². The van der Waals surface area contributed by atoms with Crippen LogP contribution >= 0.6 is 0 Å². The van der Waals surface area contributed by atoms with E-state index in [0.717, 1.165) is 27.2 Å². The lowest BCUT2D eigenvalue weighted by Gasteiger charge is -2.15. The van der Waals surface area contributed by atoms with Gasteiger partial charge in [0.05, 0.1) is 38.8 Å². The van der Waals surface area contributed by atoms with Gasteiger partial charge in [0.2, 0.25) is 0 Å². The summed E-state index contributed by atoms with van der Waals surface area (Å²) in [5.41, 5.74) is 2.49. The highest BCUT2D eigenvalue weighted by molar-refractivity contribution is 6.25. The Labute approximate surface area is 187 Å². The summed E-state index contributed by atoms with van der Waals surface area (Å²) >= 11 is 0. The highest BCUT2D eigenvalue weighted by atomic mass is 15.0. The Hall–Kier alpha value is -5.43. The lowest BCUT2D eigenvalue weighted by Crippen LogP contribution is -2.03. The monoisotopic (exact) mass is 418 g/mol. The zero-order chi connectivity index (χ0) is 22.7. The molecule has 6 heteroatoms. The predicted octanol–water partition coefficient (Wildman–Crippen LogP) is 5.43. The quantitative estimate of drug-likeness (QED) is 0.305. The molecule has 0 aliphatic carbocycles. The van der Waals surface area contributed by atoms with E-state index in [2.05, 4.69) is 12.1 Å². The van der Waals surface area contributed by atoms with Crippen molar-refractivity contribution < 1.29 is 0 Å². The highest BCUT2D eigenvalue weighted by Crippen LogP contribution is 2.40. The lowest BCUT2D eigenvalue weighted by atomic mass is 9.89. The molecule has 2 heterocycles. The van der Waals surface area contributed by atoms with Crippen molar-refractivity contribution in [3.05, 3.63) is 82.9 Å². The largest absolute Gasteiger partial charge is 0.290 e. The topological polar surface area (TPSA) is 112 Å². The van der Waals surface area contributed by atoms with Crippen LogP contribution in [0, 0.1) is 45.3 Å². The molecule has 148 valence electrons. The minimum atomic E-state index is -0.0942. The molecular weight excluding hydrogens is 408 g/mol. The molecule has 0 atom stereocenters. The lowest BCUT2D eigenvalue weighted by molar-refractivity contribution is 1.29. The molecule has 0 spiro atoms. The molecule has 0 radical (unpaired) electrons. The number of hydrogen-bond donors (Lipinski definition) is 0. The molecule has 4 aromatic carbocycles. The second kappa shape index (κ2) is 6.53. The smallest absolute Gasteiger partial charge is 0.147 e. The van der Waals surface area contributed by atoms with Crippen LogP contribution in [0.15, 0.2) is 60.7 Å². The summed E-state index contributed by atoms with van der Waals surface area (Å²) in [6, 6.07) is 27.5. The van der Waals surface area contributed by atoms with Gasteiger partial charge in [-0.3, -0.25) is 4.40 Å². The number of imidazole rings is 1. The maximum absolute atomic E-state index is 10.1. The molecule has 0 saturated carbocycles. The van der Waals surface area contributed by atoms with Crippen molar-refractivity contribution in [2.45, 2.75) is 0 Å². The number of fused-ring (bicyclic) bond motifs is 10. The first-order chi connectivity index (χ1) is 16.2. The fourth-order valence-electron chi connectivity index (χ4n) is 4.81. The van der Waals surface area contributed by atoms with Gasteiger partial charge in [0, 0.05) is 10.8 Å². The molecule has 0 aliphatic rings. The SMILES string of the molecule is N#Cc1c(C#N)c(C#N)c2c(c1C#N)c1ccc3ccccc3c1c1nc3ccccc3n12. The van der Waals surface area contributed by atoms with Crippen molar-refractivity contribution in [1.82, 2.24) is 9.38 Å². The summed E-state index contributed by atoms with van der Waals surface area (Å²) in [6.45, 7) is 0. The summed E-state index contributed by atoms with van der Waals surface area (Å²) in [4.78, 5) is 4.90. The summed E-state index contributed by atoms with van der Waals surface area (Å²) in [6.07, 6.45) is 0. The third-order valence-corrected chi connectivity index (χ3v) is 6.13. The van der Waals surface area contributed by atoms with Crippen molar-refractivity contribution in [2.24, 2.45) is 0 Å². The van der Waals surface area contributed by atoms with Crippen LogP contribution in [0.4, 0.5) is 0 Å². The normalized spacial score (nSPS) is 10.9. The van der Waals surface area contributed by atoms with Gasteiger partial charge in [0.25, 0.3) is 0 Å². The minimum absolute atomic E-state index is 0.0614. The highest BCUT2D eigenvalue weighted by Gasteiger charge is 2.26. The number of aromatic nitrogens is 2. The molecular formula is C27H10N6. The van der Waals surface area contributed by atoms with Crippen LogP contribution in [-0.4, -0.2) is 9.38 Å². The van der Waals surface area contributed by atoms with Crippen LogP contribution in [-0.2, 0) is 0 Å². The van der Waals surface area contributed by atoms with E-state index in [1.54, 1.807) is 0 Å². The van der Waals surface area contributed by atoms with E-state index in [1.807, 2.05) is 77.2 Å². The summed E-state index contributed by atoms with van der Waals surface area (Å²) in [5.74, 6) is 0. The standard InChI is InChI=1S/C27H10N6/c28-11-18-19(12-29)21(14-31)26-24(20(18)13-30)17-10-9-15-5-1-2-6-16(15)25(17)27-32-22-7-3-4-8-23(22)33(26)27/h1-10H. The summed E-state index contributed by atoms with van der Waals surface area (Å²) in [7, 11) is 0. The molecule has 0 N–H and O–H groups in total. The molecule has 6 aromatic rings. The summed E-state index contributed by atoms with van der Waals surface area (Å²) < 4.78 is 1.85. The first-order valence-electron chi connectivity index (χ1n) is 10.1. The molecule has 6 rings (SSSR count). The fourth-order valence-corrected chi connectivity index (χ4v) is 4.81. The van der Waals surface area contributed by atoms with Gasteiger partial charge in [-0.2, -0.15) is 21.0 Å². The van der Waals surface area contributed by atoms with E-state index in [0.29, 0.717) is 21.9 Å². The Bertz CT molecular complexity index is 2020. The van der Waals surface area contributed by atoms with Crippen LogP contribution < -0.4 is 0 Å². The van der Waals surface area contributed by atoms with E-state index >= 15 is 0 Å². The molecule has 0 unspecified atom stereocenters. The third-order valence-electron chi connectivity index (χ3n) is 6.13. The second-order valence-corrected chi connectivity index (χ2v) is 7.64. The van der Waals surface area contributed by atoms with Gasteiger partial charge < -0.3 is 0 Å². The first-order valence-corrected chi connectivity index (χ1v) is 10.1. The zero-order valence-electron chi connectivity index (χ0n) is 17.0. The Balaban J connectivity index is 2.14. The molecule has 0 saturated heterocycles. The number of nitrogens with zero attached hydrogens (tertiary/aromatic N) is 6. The maximum Gasteiger partial charge on any atom is 0.147 e. The van der Waals surface area contributed by atoms with Gasteiger partial charge in [-0.25, -0.2) is 4.98 Å². The van der Waals surface area contributed by atoms with E-state index in [1.165, 1.54) is 0 Å². The third kappa shape index (κ3) is 2.19. The molecule has 0 bridgehead atoms. The average molecular weight is 418 g/mol. The Morgan fingerprint density at radius 3 is 2.03 bits per heavy atom. The van der Waals surface area contributed by atoms with E-state index in [9.17, 15) is 21.0 Å². The maximum atomic E-state index is 10.1. The molecule has 0 aliphatic heterocycles. The first kappa shape index (κ1) is 18.3. The van der Waals surface area contributed by atoms with E-state index in [4.69, 9.17) is 4.98 Å². The van der Waals surface area contributed by atoms with E-state index in [-0.39, 0.29) is 22.3 Å². The fraction of sp³-hybridized carbons (Fsp3) is 0. The molecule has 0 amide bonds. The number of pyridine rings is 1. The zero-order valence-corrected chi connectivity index (χ0v) is 17.0. The van der Waals surface area contributed by atoms with Crippen molar-refractivity contribution in [3.8, 4) is 24.3 Å². The Kier molecular flexibility index (Phi) is 3.63. The second-order valence-electron chi connectivity index (χ2n) is 7.64. The predicted molar refractivity (Wildman–Crippen MR) is 124 cm³/mol. The van der Waals surface area contributed by atoms with Crippen molar-refractivity contribution in [2.75, 3.05) is 0 Å². The Morgan fingerprint density at radius 1 is 0.606 bits per heavy atom. The van der Waals surface area contributed by atoms with Crippen molar-refractivity contribution >= 4 is 49.1 Å². The van der Waals surface area contributed by atoms with E-state index < -0.39 is 0 Å². The Morgan fingerprint density at radius 2 is 1.27 bits per heavy atom. The van der Waals surface area contributed by atoms with Gasteiger partial charge in [-0.05, 0) is 28.3 Å². The molecule has 6 nitrogen and oxygen atoms in total. The van der Waals surface area contributed by atoms with Crippen LogP contribution in [0.3, 0.4) is 0 Å². The van der Waals surface area contributed by atoms with Crippen molar-refractivity contribution in [1.29, 1.82) is 21.0 Å². The van der Waals surface area contributed by atoms with Crippen LogP contribution in [0.1, 0.15) is 22.3 Å². The number of rotatable bonds is 0. The molecule has 2 aromatic heterocycles. The van der Waals surface area contributed by atoms with Gasteiger partial charge in [0.1, 0.15) is 29.9 Å². The van der Waals surface area contributed by atoms with Gasteiger partial charge >= 0.3 is 0 Å². The number of nitriles is 4. The average Bonchev–Trinajstić information content (AvgIpc) is 3.26. The number of hydrogen-bond acceptors (Lipinski definition) is 5. The van der Waals surface area contributed by atoms with Gasteiger partial charge in [-0.15, -0.1) is 0 Å². The summed E-state index contributed by atoms with van der Waals surface area (Å²) in [5, 5.41) is 43.9. The van der Waals surface area contributed by atoms with Crippen LogP contribution in [0.5, 0.6) is 0 Å².